The van der Waals surface area contributed by atoms with E-state index in [-0.39, 0.29) is 6.61 Å². The molecule has 7 heteroatoms. The van der Waals surface area contributed by atoms with Gasteiger partial charge in [-0.25, -0.2) is 4.68 Å². The molecule has 3 rings (SSSR count). The Labute approximate surface area is 202 Å². The Bertz CT molecular complexity index is 1020. The molecule has 7 nitrogen and oxygen atoms in total. The molecule has 0 aliphatic rings. The van der Waals surface area contributed by atoms with Gasteiger partial charge in [-0.15, -0.1) is 6.58 Å². The number of rotatable bonds is 14. The minimum absolute atomic E-state index is 0.264. The fraction of sp³-hybridized carbons (Fsp3) is 0.370. The van der Waals surface area contributed by atoms with Crippen LogP contribution in [0, 0.1) is 0 Å². The van der Waals surface area contributed by atoms with Crippen LogP contribution in [0.4, 0.5) is 0 Å². The van der Waals surface area contributed by atoms with E-state index in [4.69, 9.17) is 19.3 Å². The van der Waals surface area contributed by atoms with Crippen LogP contribution in [-0.4, -0.2) is 59.3 Å². The topological polar surface area (TPSA) is 69.0 Å². The first kappa shape index (κ1) is 25.5. The van der Waals surface area contributed by atoms with Crippen LogP contribution >= 0.6 is 0 Å². The lowest BCUT2D eigenvalue weighted by Gasteiger charge is -2.25. The number of nitrogens with zero attached hydrogens (tertiary/aromatic N) is 3. The first-order valence-corrected chi connectivity index (χ1v) is 11.6. The summed E-state index contributed by atoms with van der Waals surface area (Å²) in [5.74, 6) is 2.14. The summed E-state index contributed by atoms with van der Waals surface area (Å²) in [6.45, 7) is 8.35. The predicted octanol–water partition coefficient (Wildman–Crippen LogP) is 4.66. The van der Waals surface area contributed by atoms with Crippen molar-refractivity contribution in [1.29, 1.82) is 0 Å². The lowest BCUT2D eigenvalue weighted by atomic mass is 10.1. The van der Waals surface area contributed by atoms with Gasteiger partial charge in [-0.1, -0.05) is 43.3 Å². The van der Waals surface area contributed by atoms with E-state index in [2.05, 4.69) is 18.4 Å². The molecule has 3 aromatic rings. The molecule has 182 valence electrons. The van der Waals surface area contributed by atoms with E-state index in [1.165, 1.54) is 0 Å². The van der Waals surface area contributed by atoms with Crippen molar-refractivity contribution in [2.45, 2.75) is 26.0 Å². The molecule has 0 bridgehead atoms. The van der Waals surface area contributed by atoms with Gasteiger partial charge in [0.25, 0.3) is 0 Å². The number of benzene rings is 2. The Balaban J connectivity index is 1.91. The third kappa shape index (κ3) is 6.93. The zero-order valence-corrected chi connectivity index (χ0v) is 20.3. The highest BCUT2D eigenvalue weighted by Gasteiger charge is 2.23. The zero-order valence-electron chi connectivity index (χ0n) is 20.3. The van der Waals surface area contributed by atoms with Crippen LogP contribution < -0.4 is 9.47 Å². The molecule has 0 spiro atoms. The third-order valence-electron chi connectivity index (χ3n) is 5.35. The van der Waals surface area contributed by atoms with Crippen molar-refractivity contribution in [3.05, 3.63) is 72.8 Å². The van der Waals surface area contributed by atoms with Gasteiger partial charge in [0.05, 0.1) is 32.0 Å². The maximum absolute atomic E-state index is 10.5. The Morgan fingerprint density at radius 1 is 1.12 bits per heavy atom. The van der Waals surface area contributed by atoms with E-state index in [0.717, 1.165) is 35.5 Å². The van der Waals surface area contributed by atoms with Gasteiger partial charge in [0.1, 0.15) is 17.2 Å². The molecular weight excluding hydrogens is 430 g/mol. The molecule has 1 heterocycles. The van der Waals surface area contributed by atoms with Crippen molar-refractivity contribution in [2.24, 2.45) is 7.05 Å². The number of aliphatic hydroxyl groups is 1. The van der Waals surface area contributed by atoms with Crippen LogP contribution in [-0.2, 0) is 18.3 Å². The molecule has 0 aliphatic heterocycles. The van der Waals surface area contributed by atoms with E-state index in [0.29, 0.717) is 31.3 Å². The highest BCUT2D eigenvalue weighted by Crippen LogP contribution is 2.34. The van der Waals surface area contributed by atoms with Gasteiger partial charge in [-0.3, -0.25) is 4.90 Å². The van der Waals surface area contributed by atoms with E-state index in [1.54, 1.807) is 17.9 Å². The van der Waals surface area contributed by atoms with Gasteiger partial charge in [0.2, 0.25) is 5.88 Å². The monoisotopic (exact) mass is 465 g/mol. The van der Waals surface area contributed by atoms with Gasteiger partial charge in [-0.2, -0.15) is 5.10 Å². The molecule has 0 fully saturated rings. The summed E-state index contributed by atoms with van der Waals surface area (Å²) in [5.41, 5.74) is 2.85. The summed E-state index contributed by atoms with van der Waals surface area (Å²) in [4.78, 5) is 2.21. The number of methoxy groups -OCH3 is 1. The zero-order chi connectivity index (χ0) is 24.3. The smallest absolute Gasteiger partial charge is 0.222 e. The molecule has 0 unspecified atom stereocenters. The maximum Gasteiger partial charge on any atom is 0.222 e. The molecule has 1 N–H and O–H groups in total. The van der Waals surface area contributed by atoms with E-state index in [1.807, 2.05) is 61.6 Å². The van der Waals surface area contributed by atoms with Crippen molar-refractivity contribution in [1.82, 2.24) is 14.7 Å². The van der Waals surface area contributed by atoms with Gasteiger partial charge < -0.3 is 19.3 Å². The van der Waals surface area contributed by atoms with E-state index < -0.39 is 6.10 Å². The first-order valence-electron chi connectivity index (χ1n) is 11.6. The SMILES string of the molecule is C=CCOC[C@@H](O)CN(CCC)Cc1c(-c2ccccc2)nn(C)c1Oc1ccc(OC)cc1. The van der Waals surface area contributed by atoms with Crippen LogP contribution in [0.5, 0.6) is 17.4 Å². The number of hydrogen-bond acceptors (Lipinski definition) is 6. The Morgan fingerprint density at radius 2 is 1.82 bits per heavy atom. The van der Waals surface area contributed by atoms with E-state index in [9.17, 15) is 5.11 Å². The Kier molecular flexibility index (Phi) is 9.70. The second kappa shape index (κ2) is 12.9. The lowest BCUT2D eigenvalue weighted by Crippen LogP contribution is -2.35. The largest absolute Gasteiger partial charge is 0.497 e. The van der Waals surface area contributed by atoms with Gasteiger partial charge in [0, 0.05) is 25.7 Å². The molecule has 34 heavy (non-hydrogen) atoms. The quantitative estimate of drug-likeness (QED) is 0.276. The summed E-state index contributed by atoms with van der Waals surface area (Å²) < 4.78 is 18.8. The average Bonchev–Trinajstić information content (AvgIpc) is 3.15. The molecule has 0 radical (unpaired) electrons. The standard InChI is InChI=1S/C27H35N3O4/c1-5-16-30(18-22(31)20-33-17-6-2)19-25-26(21-10-8-7-9-11-21)28-29(3)27(25)34-24-14-12-23(32-4)13-15-24/h6-15,22,31H,2,5,16-20H2,1,3-4H3/t22-/m0/s1. The van der Waals surface area contributed by atoms with Crippen LogP contribution in [0.2, 0.25) is 0 Å². The van der Waals surface area contributed by atoms with Crippen LogP contribution in [0.1, 0.15) is 18.9 Å². The third-order valence-corrected chi connectivity index (χ3v) is 5.35. The van der Waals surface area contributed by atoms with Crippen LogP contribution in [0.15, 0.2) is 67.3 Å². The summed E-state index contributed by atoms with van der Waals surface area (Å²) in [6, 6.07) is 17.6. The summed E-state index contributed by atoms with van der Waals surface area (Å²) >= 11 is 0. The van der Waals surface area contributed by atoms with Gasteiger partial charge in [0.15, 0.2) is 0 Å². The van der Waals surface area contributed by atoms with Crippen molar-refractivity contribution in [3.63, 3.8) is 0 Å². The fourth-order valence-corrected chi connectivity index (χ4v) is 3.82. The minimum Gasteiger partial charge on any atom is -0.497 e. The molecular formula is C27H35N3O4. The average molecular weight is 466 g/mol. The van der Waals surface area contributed by atoms with Crippen molar-refractivity contribution >= 4 is 0 Å². The van der Waals surface area contributed by atoms with Gasteiger partial charge >= 0.3 is 0 Å². The molecule has 0 saturated heterocycles. The summed E-state index contributed by atoms with van der Waals surface area (Å²) in [6.07, 6.45) is 2.03. The first-order chi connectivity index (χ1) is 16.5. The summed E-state index contributed by atoms with van der Waals surface area (Å²) in [7, 11) is 3.53. The lowest BCUT2D eigenvalue weighted by molar-refractivity contribution is 0.0245. The summed E-state index contributed by atoms with van der Waals surface area (Å²) in [5, 5.41) is 15.3. The Morgan fingerprint density at radius 3 is 2.47 bits per heavy atom. The fourth-order valence-electron chi connectivity index (χ4n) is 3.82. The Hall–Kier alpha value is -3.13. The molecule has 0 aliphatic carbocycles. The highest BCUT2D eigenvalue weighted by molar-refractivity contribution is 5.65. The number of aryl methyl sites for hydroxylation is 1. The minimum atomic E-state index is -0.602. The number of hydrogen-bond donors (Lipinski definition) is 1. The second-order valence-electron chi connectivity index (χ2n) is 8.11. The second-order valence-corrected chi connectivity index (χ2v) is 8.11. The maximum atomic E-state index is 10.5. The van der Waals surface area contributed by atoms with Gasteiger partial charge in [-0.05, 0) is 37.2 Å². The molecule has 1 atom stereocenters. The van der Waals surface area contributed by atoms with E-state index >= 15 is 0 Å². The number of ether oxygens (including phenoxy) is 3. The number of aliphatic hydroxyl groups excluding tert-OH is 1. The normalized spacial score (nSPS) is 12.0. The van der Waals surface area contributed by atoms with Crippen molar-refractivity contribution in [2.75, 3.05) is 33.4 Å². The van der Waals surface area contributed by atoms with Crippen LogP contribution in [0.3, 0.4) is 0 Å². The molecule has 0 saturated carbocycles. The molecule has 2 aromatic carbocycles. The number of aromatic nitrogens is 2. The highest BCUT2D eigenvalue weighted by atomic mass is 16.5. The molecule has 1 aromatic heterocycles. The predicted molar refractivity (Wildman–Crippen MR) is 134 cm³/mol. The van der Waals surface area contributed by atoms with Crippen molar-refractivity contribution < 1.29 is 19.3 Å². The molecule has 0 amide bonds. The van der Waals surface area contributed by atoms with Crippen molar-refractivity contribution in [3.8, 4) is 28.6 Å². The van der Waals surface area contributed by atoms with Crippen LogP contribution in [0.25, 0.3) is 11.3 Å².